The van der Waals surface area contributed by atoms with Gasteiger partial charge in [0, 0.05) is 6.54 Å². The molecule has 1 N–H and O–H groups in total. The zero-order valence-corrected chi connectivity index (χ0v) is 14.2. The van der Waals surface area contributed by atoms with Gasteiger partial charge in [-0.3, -0.25) is 0 Å². The average Bonchev–Trinajstić information content (AvgIpc) is 2.59. The maximum absolute atomic E-state index is 12.4. The molecule has 4 nitrogen and oxygen atoms in total. The smallest absolute Gasteiger partial charge is 0.240 e. The first kappa shape index (κ1) is 16.4. The minimum atomic E-state index is -3.42. The molecule has 1 fully saturated rings. The van der Waals surface area contributed by atoms with Gasteiger partial charge >= 0.3 is 0 Å². The van der Waals surface area contributed by atoms with Crippen LogP contribution in [0.2, 0.25) is 0 Å². The minimum absolute atomic E-state index is 0.342. The van der Waals surface area contributed by atoms with Crippen LogP contribution < -0.4 is 4.72 Å². The van der Waals surface area contributed by atoms with Crippen molar-refractivity contribution in [2.75, 3.05) is 26.2 Å². The van der Waals surface area contributed by atoms with Crippen molar-refractivity contribution in [2.45, 2.75) is 30.6 Å². The highest BCUT2D eigenvalue weighted by molar-refractivity contribution is 7.89. The molecule has 3 rings (SSSR count). The van der Waals surface area contributed by atoms with Crippen molar-refractivity contribution in [1.29, 1.82) is 0 Å². The van der Waals surface area contributed by atoms with Gasteiger partial charge in [-0.1, -0.05) is 36.8 Å². The van der Waals surface area contributed by atoms with E-state index in [1.54, 1.807) is 12.1 Å². The van der Waals surface area contributed by atoms with Crippen molar-refractivity contribution < 1.29 is 8.42 Å². The van der Waals surface area contributed by atoms with Crippen LogP contribution >= 0.6 is 0 Å². The molecule has 1 aliphatic heterocycles. The van der Waals surface area contributed by atoms with E-state index in [-0.39, 0.29) is 0 Å². The second-order valence-corrected chi connectivity index (χ2v) is 7.93. The number of likely N-dealkylation sites (tertiary alicyclic amines) is 1. The second-order valence-electron chi connectivity index (χ2n) is 6.16. The summed E-state index contributed by atoms with van der Waals surface area (Å²) in [5.41, 5.74) is 0. The predicted molar refractivity (Wildman–Crippen MR) is 94.0 cm³/mol. The van der Waals surface area contributed by atoms with Gasteiger partial charge < -0.3 is 4.90 Å². The highest BCUT2D eigenvalue weighted by atomic mass is 32.2. The normalized spacial score (nSPS) is 16.7. The summed E-state index contributed by atoms with van der Waals surface area (Å²) < 4.78 is 27.5. The fraction of sp³-hybridized carbons (Fsp3) is 0.444. The van der Waals surface area contributed by atoms with Crippen LogP contribution in [0.3, 0.4) is 0 Å². The largest absolute Gasteiger partial charge is 0.303 e. The lowest BCUT2D eigenvalue weighted by atomic mass is 10.1. The van der Waals surface area contributed by atoms with Crippen molar-refractivity contribution in [3.63, 3.8) is 0 Å². The first-order valence-corrected chi connectivity index (χ1v) is 9.84. The van der Waals surface area contributed by atoms with Gasteiger partial charge in [0.15, 0.2) is 0 Å². The molecule has 0 saturated carbocycles. The molecule has 1 heterocycles. The quantitative estimate of drug-likeness (QED) is 0.827. The number of nitrogens with zero attached hydrogens (tertiary/aromatic N) is 1. The molecule has 23 heavy (non-hydrogen) atoms. The van der Waals surface area contributed by atoms with E-state index < -0.39 is 10.0 Å². The molecule has 0 spiro atoms. The molecule has 0 amide bonds. The van der Waals surface area contributed by atoms with Crippen LogP contribution in [0.5, 0.6) is 0 Å². The molecule has 2 aromatic carbocycles. The Morgan fingerprint density at radius 3 is 2.48 bits per heavy atom. The number of fused-ring (bicyclic) bond motifs is 1. The molecule has 0 unspecified atom stereocenters. The monoisotopic (exact) mass is 332 g/mol. The SMILES string of the molecule is O=S(=O)(NCCCN1CCCCC1)c1ccc2ccccc2c1. The first-order chi connectivity index (χ1) is 11.1. The van der Waals surface area contributed by atoms with Gasteiger partial charge in [0.05, 0.1) is 4.90 Å². The fourth-order valence-corrected chi connectivity index (χ4v) is 4.22. The van der Waals surface area contributed by atoms with Gasteiger partial charge in [0.2, 0.25) is 10.0 Å². The minimum Gasteiger partial charge on any atom is -0.303 e. The molecule has 1 saturated heterocycles. The molecule has 0 atom stereocenters. The number of sulfonamides is 1. The zero-order chi connectivity index (χ0) is 16.1. The Bertz CT molecular complexity index is 752. The van der Waals surface area contributed by atoms with E-state index in [0.717, 1.165) is 36.8 Å². The Morgan fingerprint density at radius 2 is 1.70 bits per heavy atom. The molecule has 5 heteroatoms. The van der Waals surface area contributed by atoms with E-state index in [4.69, 9.17) is 0 Å². The van der Waals surface area contributed by atoms with Crippen LogP contribution in [-0.2, 0) is 10.0 Å². The fourth-order valence-electron chi connectivity index (χ4n) is 3.11. The summed E-state index contributed by atoms with van der Waals surface area (Å²) in [6, 6.07) is 13.1. The molecule has 1 aliphatic rings. The Labute approximate surface area is 138 Å². The molecule has 124 valence electrons. The topological polar surface area (TPSA) is 49.4 Å². The third-order valence-electron chi connectivity index (χ3n) is 4.42. The number of hydrogen-bond acceptors (Lipinski definition) is 3. The van der Waals surface area contributed by atoms with Crippen LogP contribution in [-0.4, -0.2) is 39.5 Å². The maximum atomic E-state index is 12.4. The second kappa shape index (κ2) is 7.43. The van der Waals surface area contributed by atoms with Crippen LogP contribution in [0, 0.1) is 0 Å². The van der Waals surface area contributed by atoms with Crippen LogP contribution in [0.25, 0.3) is 10.8 Å². The lowest BCUT2D eigenvalue weighted by Gasteiger charge is -2.26. The summed E-state index contributed by atoms with van der Waals surface area (Å²) in [5.74, 6) is 0. The van der Waals surface area contributed by atoms with E-state index >= 15 is 0 Å². The number of benzene rings is 2. The molecular weight excluding hydrogens is 308 g/mol. The number of piperidine rings is 1. The summed E-state index contributed by atoms with van der Waals surface area (Å²) in [7, 11) is -3.42. The molecule has 0 bridgehead atoms. The predicted octanol–water partition coefficient (Wildman–Crippen LogP) is 2.99. The Hall–Kier alpha value is -1.43. The number of nitrogens with one attached hydrogen (secondary N) is 1. The molecular formula is C18H24N2O2S. The first-order valence-electron chi connectivity index (χ1n) is 8.36. The van der Waals surface area contributed by atoms with E-state index in [0.29, 0.717) is 11.4 Å². The molecule has 2 aromatic rings. The highest BCUT2D eigenvalue weighted by Crippen LogP contribution is 2.18. The summed E-state index contributed by atoms with van der Waals surface area (Å²) in [5, 5.41) is 2.00. The Balaban J connectivity index is 1.57. The van der Waals surface area contributed by atoms with E-state index in [1.807, 2.05) is 30.3 Å². The molecule has 0 radical (unpaired) electrons. The summed E-state index contributed by atoms with van der Waals surface area (Å²) >= 11 is 0. The van der Waals surface area contributed by atoms with Gasteiger partial charge in [-0.25, -0.2) is 13.1 Å². The maximum Gasteiger partial charge on any atom is 0.240 e. The van der Waals surface area contributed by atoms with E-state index in [2.05, 4.69) is 9.62 Å². The van der Waals surface area contributed by atoms with Crippen molar-refractivity contribution in [1.82, 2.24) is 9.62 Å². The lowest BCUT2D eigenvalue weighted by Crippen LogP contribution is -2.33. The number of rotatable bonds is 6. The van der Waals surface area contributed by atoms with Crippen molar-refractivity contribution in [3.05, 3.63) is 42.5 Å². The molecule has 0 aromatic heterocycles. The van der Waals surface area contributed by atoms with Crippen molar-refractivity contribution in [2.24, 2.45) is 0 Å². The Morgan fingerprint density at radius 1 is 0.957 bits per heavy atom. The van der Waals surface area contributed by atoms with Gasteiger partial charge in [0.25, 0.3) is 0 Å². The van der Waals surface area contributed by atoms with Gasteiger partial charge in [-0.2, -0.15) is 0 Å². The van der Waals surface area contributed by atoms with Crippen molar-refractivity contribution in [3.8, 4) is 0 Å². The van der Waals surface area contributed by atoms with E-state index in [1.165, 1.54) is 19.3 Å². The van der Waals surface area contributed by atoms with Crippen LogP contribution in [0.15, 0.2) is 47.4 Å². The van der Waals surface area contributed by atoms with Crippen LogP contribution in [0.1, 0.15) is 25.7 Å². The summed E-state index contributed by atoms with van der Waals surface area (Å²) in [6.07, 6.45) is 4.71. The zero-order valence-electron chi connectivity index (χ0n) is 13.4. The average molecular weight is 332 g/mol. The number of hydrogen-bond donors (Lipinski definition) is 1. The van der Waals surface area contributed by atoms with Gasteiger partial charge in [-0.05, 0) is 61.8 Å². The van der Waals surface area contributed by atoms with Gasteiger partial charge in [-0.15, -0.1) is 0 Å². The van der Waals surface area contributed by atoms with Crippen molar-refractivity contribution >= 4 is 20.8 Å². The third kappa shape index (κ3) is 4.31. The summed E-state index contributed by atoms with van der Waals surface area (Å²) in [6.45, 7) is 3.76. The Kier molecular flexibility index (Phi) is 5.30. The third-order valence-corrected chi connectivity index (χ3v) is 5.88. The summed E-state index contributed by atoms with van der Waals surface area (Å²) in [4.78, 5) is 2.77. The van der Waals surface area contributed by atoms with Crippen LogP contribution in [0.4, 0.5) is 0 Å². The van der Waals surface area contributed by atoms with E-state index in [9.17, 15) is 8.42 Å². The molecule has 0 aliphatic carbocycles. The van der Waals surface area contributed by atoms with Gasteiger partial charge in [0.1, 0.15) is 0 Å². The lowest BCUT2D eigenvalue weighted by molar-refractivity contribution is 0.227. The standard InChI is InChI=1S/C18H24N2O2S/c21-23(22,19-11-6-14-20-12-4-1-5-13-20)18-10-9-16-7-2-3-8-17(16)15-18/h2-3,7-10,15,19H,1,4-6,11-14H2. The highest BCUT2D eigenvalue weighted by Gasteiger charge is 2.14.